The average molecular weight is 124 g/mol. The first kappa shape index (κ1) is 6.85. The minimum atomic E-state index is 0.831. The van der Waals surface area contributed by atoms with Crippen molar-refractivity contribution in [3.05, 3.63) is 12.2 Å². The van der Waals surface area contributed by atoms with E-state index in [0.717, 1.165) is 17.8 Å². The van der Waals surface area contributed by atoms with Crippen LogP contribution in [0.4, 0.5) is 0 Å². The van der Waals surface area contributed by atoms with Crippen LogP contribution < -0.4 is 0 Å². The zero-order valence-electron chi connectivity index (χ0n) is 6.59. The Morgan fingerprint density at radius 1 is 1.33 bits per heavy atom. The highest BCUT2D eigenvalue weighted by Gasteiger charge is 2.17. The van der Waals surface area contributed by atoms with Crippen LogP contribution in [0.3, 0.4) is 0 Å². The van der Waals surface area contributed by atoms with Gasteiger partial charge in [0.05, 0.1) is 0 Å². The molecule has 0 fully saturated rings. The molecule has 0 aliphatic heterocycles. The van der Waals surface area contributed by atoms with E-state index in [-0.39, 0.29) is 0 Å². The van der Waals surface area contributed by atoms with Crippen LogP contribution in [-0.2, 0) is 0 Å². The van der Waals surface area contributed by atoms with Gasteiger partial charge in [0, 0.05) is 0 Å². The van der Waals surface area contributed by atoms with E-state index < -0.39 is 0 Å². The van der Waals surface area contributed by atoms with Gasteiger partial charge in [0.25, 0.3) is 0 Å². The molecule has 0 bridgehead atoms. The van der Waals surface area contributed by atoms with Crippen molar-refractivity contribution in [2.75, 3.05) is 0 Å². The summed E-state index contributed by atoms with van der Waals surface area (Å²) in [6.45, 7) is 6.89. The predicted octanol–water partition coefficient (Wildman–Crippen LogP) is 2.85. The van der Waals surface area contributed by atoms with Crippen molar-refractivity contribution in [3.63, 3.8) is 0 Å². The molecular weight excluding hydrogens is 108 g/mol. The van der Waals surface area contributed by atoms with Gasteiger partial charge in [-0.05, 0) is 24.2 Å². The molecule has 0 aromatic heterocycles. The lowest BCUT2D eigenvalue weighted by molar-refractivity contribution is 0.425. The van der Waals surface area contributed by atoms with Gasteiger partial charge >= 0.3 is 0 Å². The monoisotopic (exact) mass is 124 g/mol. The SMILES string of the molecule is CC(C)C1C=C[C@@H](C)C1. The molecule has 0 saturated carbocycles. The maximum atomic E-state index is 2.37. The average Bonchev–Trinajstić information content (AvgIpc) is 2.14. The fourth-order valence-electron chi connectivity index (χ4n) is 1.41. The summed E-state index contributed by atoms with van der Waals surface area (Å²) in [5, 5.41) is 0. The molecule has 0 saturated heterocycles. The lowest BCUT2D eigenvalue weighted by Crippen LogP contribution is -2.02. The second-order valence-electron chi connectivity index (χ2n) is 3.51. The van der Waals surface area contributed by atoms with Gasteiger partial charge in [-0.25, -0.2) is 0 Å². The number of rotatable bonds is 1. The van der Waals surface area contributed by atoms with Crippen LogP contribution >= 0.6 is 0 Å². The second kappa shape index (κ2) is 2.55. The molecule has 1 aliphatic carbocycles. The maximum Gasteiger partial charge on any atom is -0.0205 e. The highest BCUT2D eigenvalue weighted by Crippen LogP contribution is 2.28. The van der Waals surface area contributed by atoms with Crippen molar-refractivity contribution in [2.45, 2.75) is 27.2 Å². The van der Waals surface area contributed by atoms with Crippen LogP contribution in [-0.4, -0.2) is 0 Å². The molecule has 0 aromatic carbocycles. The van der Waals surface area contributed by atoms with Crippen LogP contribution in [0.25, 0.3) is 0 Å². The van der Waals surface area contributed by atoms with Gasteiger partial charge in [-0.1, -0.05) is 32.9 Å². The number of allylic oxidation sites excluding steroid dienone is 2. The molecule has 0 spiro atoms. The van der Waals surface area contributed by atoms with Crippen molar-refractivity contribution in [1.29, 1.82) is 0 Å². The molecule has 0 heterocycles. The predicted molar refractivity (Wildman–Crippen MR) is 41.2 cm³/mol. The van der Waals surface area contributed by atoms with E-state index in [4.69, 9.17) is 0 Å². The van der Waals surface area contributed by atoms with Crippen LogP contribution in [0, 0.1) is 17.8 Å². The maximum absolute atomic E-state index is 2.37. The van der Waals surface area contributed by atoms with Gasteiger partial charge in [-0.2, -0.15) is 0 Å². The molecule has 1 unspecified atom stereocenters. The summed E-state index contributed by atoms with van der Waals surface area (Å²) in [6.07, 6.45) is 6.08. The van der Waals surface area contributed by atoms with Crippen LogP contribution in [0.2, 0.25) is 0 Å². The van der Waals surface area contributed by atoms with E-state index in [0.29, 0.717) is 0 Å². The van der Waals surface area contributed by atoms with Crippen molar-refractivity contribution < 1.29 is 0 Å². The summed E-state index contributed by atoms with van der Waals surface area (Å²) in [5.74, 6) is 2.53. The smallest absolute Gasteiger partial charge is 0.0205 e. The van der Waals surface area contributed by atoms with Crippen LogP contribution in [0.15, 0.2) is 12.2 Å². The van der Waals surface area contributed by atoms with Crippen molar-refractivity contribution in [2.24, 2.45) is 17.8 Å². The topological polar surface area (TPSA) is 0 Å². The summed E-state index contributed by atoms with van der Waals surface area (Å²) < 4.78 is 0. The molecule has 0 amide bonds. The molecule has 0 aromatic rings. The van der Waals surface area contributed by atoms with E-state index in [2.05, 4.69) is 32.9 Å². The lowest BCUT2D eigenvalue weighted by Gasteiger charge is -2.12. The minimum Gasteiger partial charge on any atom is -0.0854 e. The lowest BCUT2D eigenvalue weighted by atomic mass is 9.93. The number of hydrogen-bond acceptors (Lipinski definition) is 0. The molecule has 0 radical (unpaired) electrons. The molecule has 1 rings (SSSR count). The Hall–Kier alpha value is -0.260. The summed E-state index contributed by atoms with van der Waals surface area (Å²) in [5.41, 5.74) is 0. The molecule has 0 heteroatoms. The first-order valence-electron chi connectivity index (χ1n) is 3.88. The largest absolute Gasteiger partial charge is 0.0854 e. The zero-order chi connectivity index (χ0) is 6.85. The van der Waals surface area contributed by atoms with E-state index >= 15 is 0 Å². The van der Waals surface area contributed by atoms with Crippen LogP contribution in [0.1, 0.15) is 27.2 Å². The van der Waals surface area contributed by atoms with Gasteiger partial charge < -0.3 is 0 Å². The molecule has 1 aliphatic rings. The first-order valence-corrected chi connectivity index (χ1v) is 3.88. The Balaban J connectivity index is 2.41. The molecule has 0 nitrogen and oxygen atoms in total. The van der Waals surface area contributed by atoms with E-state index in [1.807, 2.05) is 0 Å². The van der Waals surface area contributed by atoms with Gasteiger partial charge in [0.15, 0.2) is 0 Å². The Kier molecular flexibility index (Phi) is 1.94. The van der Waals surface area contributed by atoms with Crippen LogP contribution in [0.5, 0.6) is 0 Å². The van der Waals surface area contributed by atoms with Gasteiger partial charge in [-0.3, -0.25) is 0 Å². The molecule has 52 valence electrons. The van der Waals surface area contributed by atoms with Gasteiger partial charge in [-0.15, -0.1) is 0 Å². The fraction of sp³-hybridized carbons (Fsp3) is 0.778. The van der Waals surface area contributed by atoms with Gasteiger partial charge in [0.2, 0.25) is 0 Å². The molecule has 0 N–H and O–H groups in total. The highest BCUT2D eigenvalue weighted by molar-refractivity contribution is 5.01. The fourth-order valence-corrected chi connectivity index (χ4v) is 1.41. The zero-order valence-corrected chi connectivity index (χ0v) is 6.59. The molecular formula is C9H16. The summed E-state index contributed by atoms with van der Waals surface area (Å²) in [4.78, 5) is 0. The van der Waals surface area contributed by atoms with Gasteiger partial charge in [0.1, 0.15) is 0 Å². The molecule has 9 heavy (non-hydrogen) atoms. The summed E-state index contributed by atoms with van der Waals surface area (Å²) in [6, 6.07) is 0. The Morgan fingerprint density at radius 2 is 2.00 bits per heavy atom. The van der Waals surface area contributed by atoms with E-state index in [9.17, 15) is 0 Å². The second-order valence-corrected chi connectivity index (χ2v) is 3.51. The third kappa shape index (κ3) is 1.57. The Labute approximate surface area is 58.0 Å². The third-order valence-electron chi connectivity index (χ3n) is 2.19. The normalized spacial score (nSPS) is 34.2. The van der Waals surface area contributed by atoms with E-state index in [1.54, 1.807) is 0 Å². The highest BCUT2D eigenvalue weighted by atomic mass is 14.2. The number of hydrogen-bond donors (Lipinski definition) is 0. The van der Waals surface area contributed by atoms with Crippen molar-refractivity contribution in [3.8, 4) is 0 Å². The van der Waals surface area contributed by atoms with Crippen molar-refractivity contribution in [1.82, 2.24) is 0 Å². The Morgan fingerprint density at radius 3 is 2.22 bits per heavy atom. The quantitative estimate of drug-likeness (QED) is 0.471. The summed E-state index contributed by atoms with van der Waals surface area (Å²) >= 11 is 0. The van der Waals surface area contributed by atoms with E-state index in [1.165, 1.54) is 6.42 Å². The third-order valence-corrected chi connectivity index (χ3v) is 2.19. The first-order chi connectivity index (χ1) is 4.20. The van der Waals surface area contributed by atoms with Crippen molar-refractivity contribution >= 4 is 0 Å². The standard InChI is InChI=1S/C9H16/c1-7(2)9-5-4-8(3)6-9/h4-5,7-9H,6H2,1-3H3/t8-,9?/m1/s1. The Bertz CT molecular complexity index is 111. The summed E-state index contributed by atoms with van der Waals surface area (Å²) in [7, 11) is 0. The minimum absolute atomic E-state index is 0.831. The molecule has 2 atom stereocenters.